The van der Waals surface area contributed by atoms with Gasteiger partial charge in [-0.2, -0.15) is 0 Å². The SMILES string of the molecule is COC(=O)/C=C/c1cc(C2(C)OC=CO2)cs1. The predicted octanol–water partition coefficient (Wildman–Crippen LogP) is 2.63. The Morgan fingerprint density at radius 1 is 1.47 bits per heavy atom. The van der Waals surface area contributed by atoms with Crippen LogP contribution in [0.5, 0.6) is 0 Å². The minimum atomic E-state index is -0.756. The molecule has 2 heterocycles. The van der Waals surface area contributed by atoms with E-state index >= 15 is 0 Å². The van der Waals surface area contributed by atoms with Crippen LogP contribution in [0.4, 0.5) is 0 Å². The lowest BCUT2D eigenvalue weighted by Gasteiger charge is -2.21. The topological polar surface area (TPSA) is 44.8 Å². The molecule has 0 N–H and O–H groups in total. The number of thiophene rings is 1. The van der Waals surface area contributed by atoms with Crippen molar-refractivity contribution in [3.8, 4) is 0 Å². The second kappa shape index (κ2) is 4.63. The second-order valence-corrected chi connectivity index (χ2v) is 4.49. The van der Waals surface area contributed by atoms with E-state index in [4.69, 9.17) is 9.47 Å². The van der Waals surface area contributed by atoms with Gasteiger partial charge in [0.1, 0.15) is 12.5 Å². The van der Waals surface area contributed by atoms with Crippen molar-refractivity contribution in [2.75, 3.05) is 7.11 Å². The van der Waals surface area contributed by atoms with E-state index < -0.39 is 5.79 Å². The summed E-state index contributed by atoms with van der Waals surface area (Å²) < 4.78 is 15.3. The summed E-state index contributed by atoms with van der Waals surface area (Å²) in [7, 11) is 1.35. The van der Waals surface area contributed by atoms with Crippen LogP contribution in [0.1, 0.15) is 17.4 Å². The molecule has 2 rings (SSSR count). The number of methoxy groups -OCH3 is 1. The summed E-state index contributed by atoms with van der Waals surface area (Å²) in [6.07, 6.45) is 6.11. The molecule has 0 atom stereocenters. The van der Waals surface area contributed by atoms with E-state index in [9.17, 15) is 4.79 Å². The Kier molecular flexibility index (Phi) is 3.19. The molecule has 17 heavy (non-hydrogen) atoms. The van der Waals surface area contributed by atoms with Crippen molar-refractivity contribution < 1.29 is 19.0 Å². The molecule has 1 aliphatic heterocycles. The molecule has 0 saturated carbocycles. The standard InChI is InChI=1S/C12H12O4S/c1-12(15-5-6-16-12)9-7-10(17-8-9)3-4-11(13)14-2/h3-8H,1-2H3/b4-3+. The highest BCUT2D eigenvalue weighted by atomic mass is 32.1. The summed E-state index contributed by atoms with van der Waals surface area (Å²) >= 11 is 1.51. The van der Waals surface area contributed by atoms with Crippen molar-refractivity contribution in [1.29, 1.82) is 0 Å². The lowest BCUT2D eigenvalue weighted by molar-refractivity contribution is -0.134. The van der Waals surface area contributed by atoms with E-state index in [1.54, 1.807) is 6.08 Å². The lowest BCUT2D eigenvalue weighted by Crippen LogP contribution is -2.21. The van der Waals surface area contributed by atoms with Gasteiger partial charge in [-0.05, 0) is 12.1 Å². The fraction of sp³-hybridized carbons (Fsp3) is 0.250. The number of hydrogen-bond acceptors (Lipinski definition) is 5. The normalized spacial score (nSPS) is 16.8. The zero-order valence-electron chi connectivity index (χ0n) is 9.51. The van der Waals surface area contributed by atoms with Crippen LogP contribution in [0.3, 0.4) is 0 Å². The van der Waals surface area contributed by atoms with E-state index in [0.717, 1.165) is 10.4 Å². The summed E-state index contributed by atoms with van der Waals surface area (Å²) in [5.41, 5.74) is 0.914. The number of rotatable bonds is 3. The third-order valence-corrected chi connectivity index (χ3v) is 3.27. The van der Waals surface area contributed by atoms with Crippen LogP contribution < -0.4 is 0 Å². The molecule has 0 aliphatic carbocycles. The fourth-order valence-electron chi connectivity index (χ4n) is 1.38. The average Bonchev–Trinajstić information content (AvgIpc) is 2.95. The van der Waals surface area contributed by atoms with Crippen LogP contribution in [-0.2, 0) is 24.8 Å². The summed E-state index contributed by atoms with van der Waals surface area (Å²) in [6, 6.07) is 1.91. The van der Waals surface area contributed by atoms with Gasteiger partial charge in [-0.15, -0.1) is 11.3 Å². The molecule has 0 radical (unpaired) electrons. The molecule has 4 nitrogen and oxygen atoms in total. The van der Waals surface area contributed by atoms with Gasteiger partial charge in [-0.25, -0.2) is 4.79 Å². The van der Waals surface area contributed by atoms with Gasteiger partial charge < -0.3 is 14.2 Å². The van der Waals surface area contributed by atoms with Crippen molar-refractivity contribution in [3.63, 3.8) is 0 Å². The lowest BCUT2D eigenvalue weighted by atomic mass is 10.1. The second-order valence-electron chi connectivity index (χ2n) is 3.55. The monoisotopic (exact) mass is 252 g/mol. The first-order chi connectivity index (χ1) is 8.14. The molecule has 1 aromatic rings. The Hall–Kier alpha value is -1.75. The van der Waals surface area contributed by atoms with Gasteiger partial charge in [-0.3, -0.25) is 0 Å². The minimum absolute atomic E-state index is 0.374. The molecular formula is C12H12O4S. The molecule has 0 saturated heterocycles. The van der Waals surface area contributed by atoms with Crippen molar-refractivity contribution in [2.45, 2.75) is 12.7 Å². The largest absolute Gasteiger partial charge is 0.466 e. The summed E-state index contributed by atoms with van der Waals surface area (Å²) in [6.45, 7) is 1.84. The molecule has 1 aromatic heterocycles. The average molecular weight is 252 g/mol. The van der Waals surface area contributed by atoms with Crippen LogP contribution in [0.15, 0.2) is 30.0 Å². The number of esters is 1. The number of carbonyl (C=O) groups excluding carboxylic acids is 1. The Balaban J connectivity index is 2.11. The van der Waals surface area contributed by atoms with Gasteiger partial charge in [-0.1, -0.05) is 0 Å². The molecular weight excluding hydrogens is 240 g/mol. The first kappa shape index (κ1) is 11.7. The Labute approximate surface area is 103 Å². The van der Waals surface area contributed by atoms with E-state index in [2.05, 4.69) is 4.74 Å². The van der Waals surface area contributed by atoms with Crippen LogP contribution in [0, 0.1) is 0 Å². The third-order valence-electron chi connectivity index (χ3n) is 2.37. The number of ether oxygens (including phenoxy) is 3. The molecule has 0 amide bonds. The fourth-order valence-corrected chi connectivity index (χ4v) is 2.26. The van der Waals surface area contributed by atoms with Gasteiger partial charge in [0.25, 0.3) is 5.79 Å². The summed E-state index contributed by atoms with van der Waals surface area (Å²) in [5, 5.41) is 1.93. The quantitative estimate of drug-likeness (QED) is 0.612. The number of hydrogen-bond donors (Lipinski definition) is 0. The molecule has 1 aliphatic rings. The van der Waals surface area contributed by atoms with Crippen LogP contribution in [-0.4, -0.2) is 13.1 Å². The summed E-state index contributed by atoms with van der Waals surface area (Å²) in [5.74, 6) is -1.13. The zero-order chi connectivity index (χ0) is 12.3. The number of carbonyl (C=O) groups is 1. The highest BCUT2D eigenvalue weighted by Gasteiger charge is 2.32. The van der Waals surface area contributed by atoms with E-state index in [1.807, 2.05) is 18.4 Å². The molecule has 0 bridgehead atoms. The first-order valence-corrected chi connectivity index (χ1v) is 5.88. The predicted molar refractivity (Wildman–Crippen MR) is 64.0 cm³/mol. The highest BCUT2D eigenvalue weighted by molar-refractivity contribution is 7.11. The van der Waals surface area contributed by atoms with Gasteiger partial charge in [0, 0.05) is 28.8 Å². The maximum Gasteiger partial charge on any atom is 0.330 e. The molecule has 0 spiro atoms. The van der Waals surface area contributed by atoms with E-state index in [0.29, 0.717) is 0 Å². The smallest absolute Gasteiger partial charge is 0.330 e. The van der Waals surface area contributed by atoms with Gasteiger partial charge >= 0.3 is 5.97 Å². The van der Waals surface area contributed by atoms with Crippen LogP contribution >= 0.6 is 11.3 Å². The van der Waals surface area contributed by atoms with Crippen molar-refractivity contribution in [1.82, 2.24) is 0 Å². The van der Waals surface area contributed by atoms with Gasteiger partial charge in [0.2, 0.25) is 0 Å². The zero-order valence-corrected chi connectivity index (χ0v) is 10.3. The van der Waals surface area contributed by atoms with Crippen LogP contribution in [0.2, 0.25) is 0 Å². The Bertz CT molecular complexity index is 465. The molecule has 0 fully saturated rings. The summed E-state index contributed by atoms with van der Waals surface area (Å²) in [4.78, 5) is 11.9. The maximum atomic E-state index is 10.9. The molecule has 5 heteroatoms. The first-order valence-electron chi connectivity index (χ1n) is 5.00. The molecule has 90 valence electrons. The Morgan fingerprint density at radius 3 is 2.82 bits per heavy atom. The van der Waals surface area contributed by atoms with E-state index in [-0.39, 0.29) is 5.97 Å². The van der Waals surface area contributed by atoms with Crippen molar-refractivity contribution in [3.05, 3.63) is 40.5 Å². The van der Waals surface area contributed by atoms with Gasteiger partial charge in [0.05, 0.1) is 7.11 Å². The Morgan fingerprint density at radius 2 is 2.18 bits per heavy atom. The maximum absolute atomic E-state index is 10.9. The van der Waals surface area contributed by atoms with Crippen molar-refractivity contribution in [2.24, 2.45) is 0 Å². The van der Waals surface area contributed by atoms with Gasteiger partial charge in [0.15, 0.2) is 0 Å². The third kappa shape index (κ3) is 2.50. The van der Waals surface area contributed by atoms with Crippen LogP contribution in [0.25, 0.3) is 6.08 Å². The van der Waals surface area contributed by atoms with E-state index in [1.165, 1.54) is 37.0 Å². The minimum Gasteiger partial charge on any atom is -0.466 e. The molecule has 0 aromatic carbocycles. The highest BCUT2D eigenvalue weighted by Crippen LogP contribution is 2.34. The molecule has 0 unspecified atom stereocenters. The van der Waals surface area contributed by atoms with Crippen molar-refractivity contribution >= 4 is 23.4 Å².